The van der Waals surface area contributed by atoms with Crippen molar-refractivity contribution in [3.8, 4) is 0 Å². The Morgan fingerprint density at radius 3 is 2.67 bits per heavy atom. The molecule has 0 aliphatic carbocycles. The van der Waals surface area contributed by atoms with E-state index in [1.807, 2.05) is 0 Å². The van der Waals surface area contributed by atoms with Crippen LogP contribution in [0.25, 0.3) is 0 Å². The summed E-state index contributed by atoms with van der Waals surface area (Å²) in [5, 5.41) is 4.44. The molecule has 9 heteroatoms. The smallest absolute Gasteiger partial charge is 0.229 e. The van der Waals surface area contributed by atoms with E-state index in [9.17, 15) is 13.2 Å². The summed E-state index contributed by atoms with van der Waals surface area (Å²) in [5.41, 5.74) is 5.91. The molecule has 2 rings (SSSR count). The van der Waals surface area contributed by atoms with Gasteiger partial charge in [-0.25, -0.2) is 18.5 Å². The minimum absolute atomic E-state index is 0.0451. The van der Waals surface area contributed by atoms with Crippen molar-refractivity contribution in [3.63, 3.8) is 0 Å². The van der Waals surface area contributed by atoms with Gasteiger partial charge in [0.15, 0.2) is 5.82 Å². The summed E-state index contributed by atoms with van der Waals surface area (Å²) >= 11 is 5.70. The number of pyridine rings is 1. The number of hydrogen-bond donors (Lipinski definition) is 2. The first-order valence-corrected chi connectivity index (χ1v) is 7.01. The van der Waals surface area contributed by atoms with Crippen molar-refractivity contribution in [2.24, 2.45) is 5.14 Å². The molecule has 1 amide bonds. The Bertz CT molecular complexity index is 604. The molecule has 1 aromatic heterocycles. The molecule has 1 saturated heterocycles. The quantitative estimate of drug-likeness (QED) is 0.775. The van der Waals surface area contributed by atoms with Crippen LogP contribution in [0.5, 0.6) is 0 Å². The molecule has 0 bridgehead atoms. The normalized spacial score (nSPS) is 20.4. The maximum atomic E-state index is 11.7. The largest absolute Gasteiger partial charge is 0.396 e. The summed E-state index contributed by atoms with van der Waals surface area (Å²) in [6, 6.07) is 1.45. The van der Waals surface area contributed by atoms with Gasteiger partial charge in [0, 0.05) is 19.2 Å². The number of primary sulfonamides is 1. The van der Waals surface area contributed by atoms with Gasteiger partial charge in [-0.15, -0.1) is 0 Å². The summed E-state index contributed by atoms with van der Waals surface area (Å²) in [4.78, 5) is 16.9. The highest BCUT2D eigenvalue weighted by molar-refractivity contribution is 7.89. The molecule has 18 heavy (non-hydrogen) atoms. The van der Waals surface area contributed by atoms with Crippen LogP contribution in [0.1, 0.15) is 6.42 Å². The minimum atomic E-state index is -3.75. The van der Waals surface area contributed by atoms with Crippen LogP contribution in [0, 0.1) is 0 Å². The predicted molar refractivity (Wildman–Crippen MR) is 67.5 cm³/mol. The highest BCUT2D eigenvalue weighted by atomic mass is 35.5. The van der Waals surface area contributed by atoms with Gasteiger partial charge in [0.1, 0.15) is 5.25 Å². The van der Waals surface area contributed by atoms with Gasteiger partial charge >= 0.3 is 0 Å². The maximum Gasteiger partial charge on any atom is 0.229 e. The molecule has 0 saturated carbocycles. The van der Waals surface area contributed by atoms with Gasteiger partial charge in [-0.3, -0.25) is 9.69 Å². The second kappa shape index (κ2) is 4.38. The van der Waals surface area contributed by atoms with Crippen LogP contribution in [-0.2, 0) is 14.8 Å². The van der Waals surface area contributed by atoms with Crippen LogP contribution in [0.2, 0.25) is 5.02 Å². The molecule has 2 heterocycles. The summed E-state index contributed by atoms with van der Waals surface area (Å²) in [5.74, 6) is -0.175. The Hall–Kier alpha value is -1.38. The van der Waals surface area contributed by atoms with Crippen LogP contribution in [-0.4, -0.2) is 31.1 Å². The van der Waals surface area contributed by atoms with Crippen molar-refractivity contribution in [1.82, 2.24) is 4.98 Å². The highest BCUT2D eigenvalue weighted by Gasteiger charge is 2.38. The third kappa shape index (κ3) is 2.40. The average molecular weight is 291 g/mol. The van der Waals surface area contributed by atoms with E-state index < -0.39 is 15.3 Å². The molecule has 1 atom stereocenters. The van der Waals surface area contributed by atoms with E-state index in [1.54, 1.807) is 0 Å². The lowest BCUT2D eigenvalue weighted by Gasteiger charge is -2.17. The second-order valence-corrected chi connectivity index (χ2v) is 6.27. The maximum absolute atomic E-state index is 11.7. The van der Waals surface area contributed by atoms with Crippen molar-refractivity contribution in [2.75, 3.05) is 17.2 Å². The number of nitrogens with two attached hydrogens (primary N) is 2. The van der Waals surface area contributed by atoms with Gasteiger partial charge in [-0.1, -0.05) is 11.6 Å². The number of halogens is 1. The van der Waals surface area contributed by atoms with E-state index in [-0.39, 0.29) is 30.4 Å². The third-order valence-electron chi connectivity index (χ3n) is 2.67. The predicted octanol–water partition coefficient (Wildman–Crippen LogP) is -0.289. The third-order valence-corrected chi connectivity index (χ3v) is 4.12. The molecule has 0 spiro atoms. The van der Waals surface area contributed by atoms with Crippen molar-refractivity contribution >= 4 is 39.0 Å². The Morgan fingerprint density at radius 2 is 2.17 bits per heavy atom. The van der Waals surface area contributed by atoms with E-state index in [0.29, 0.717) is 5.02 Å². The number of carbonyl (C=O) groups is 1. The van der Waals surface area contributed by atoms with Crippen LogP contribution in [0.15, 0.2) is 12.3 Å². The van der Waals surface area contributed by atoms with Gasteiger partial charge < -0.3 is 5.73 Å². The van der Waals surface area contributed by atoms with E-state index in [1.165, 1.54) is 17.2 Å². The van der Waals surface area contributed by atoms with Gasteiger partial charge in [-0.05, 0) is 6.07 Å². The fourth-order valence-electron chi connectivity index (χ4n) is 1.77. The fourth-order valence-corrected chi connectivity index (χ4v) is 2.67. The SMILES string of the molecule is Nc1cc(Cl)cnc1N1CC(S(N)(=O)=O)CC1=O. The topological polar surface area (TPSA) is 119 Å². The zero-order valence-electron chi connectivity index (χ0n) is 9.21. The van der Waals surface area contributed by atoms with E-state index in [2.05, 4.69) is 4.98 Å². The number of anilines is 2. The van der Waals surface area contributed by atoms with E-state index in [0.717, 1.165) is 0 Å². The minimum Gasteiger partial charge on any atom is -0.396 e. The van der Waals surface area contributed by atoms with Crippen molar-refractivity contribution in [1.29, 1.82) is 0 Å². The van der Waals surface area contributed by atoms with Crippen LogP contribution < -0.4 is 15.8 Å². The summed E-state index contributed by atoms with van der Waals surface area (Å²) in [6.45, 7) is -0.0451. The molecular formula is C9H11ClN4O3S. The molecule has 1 aliphatic rings. The average Bonchev–Trinajstić information content (AvgIpc) is 2.60. The zero-order chi connectivity index (χ0) is 13.5. The number of sulfonamides is 1. The lowest BCUT2D eigenvalue weighted by molar-refractivity contribution is -0.117. The number of nitrogens with zero attached hydrogens (tertiary/aromatic N) is 2. The first-order chi connectivity index (χ1) is 8.29. The monoisotopic (exact) mass is 290 g/mol. The van der Waals surface area contributed by atoms with Crippen LogP contribution in [0.3, 0.4) is 0 Å². The number of carbonyl (C=O) groups excluding carboxylic acids is 1. The summed E-state index contributed by atoms with van der Waals surface area (Å²) < 4.78 is 22.4. The highest BCUT2D eigenvalue weighted by Crippen LogP contribution is 2.28. The molecule has 1 fully saturated rings. The van der Waals surface area contributed by atoms with Crippen LogP contribution in [0.4, 0.5) is 11.5 Å². The van der Waals surface area contributed by atoms with Gasteiger partial charge in [0.25, 0.3) is 0 Å². The van der Waals surface area contributed by atoms with Crippen molar-refractivity contribution < 1.29 is 13.2 Å². The van der Waals surface area contributed by atoms with Crippen molar-refractivity contribution in [3.05, 3.63) is 17.3 Å². The number of rotatable bonds is 2. The van der Waals surface area contributed by atoms with Crippen LogP contribution >= 0.6 is 11.6 Å². The number of hydrogen-bond acceptors (Lipinski definition) is 5. The number of amides is 1. The van der Waals surface area contributed by atoms with Gasteiger partial charge in [-0.2, -0.15) is 0 Å². The fraction of sp³-hybridized carbons (Fsp3) is 0.333. The van der Waals surface area contributed by atoms with Crippen molar-refractivity contribution in [2.45, 2.75) is 11.7 Å². The molecule has 7 nitrogen and oxygen atoms in total. The Morgan fingerprint density at radius 1 is 1.50 bits per heavy atom. The van der Waals surface area contributed by atoms with E-state index >= 15 is 0 Å². The first kappa shape index (κ1) is 13.1. The Balaban J connectivity index is 2.33. The molecular weight excluding hydrogens is 280 g/mol. The van der Waals surface area contributed by atoms with Gasteiger partial charge in [0.05, 0.1) is 10.7 Å². The first-order valence-electron chi connectivity index (χ1n) is 5.02. The second-order valence-electron chi connectivity index (χ2n) is 3.99. The molecule has 4 N–H and O–H groups in total. The molecule has 0 aromatic carbocycles. The molecule has 98 valence electrons. The molecule has 0 radical (unpaired) electrons. The lowest BCUT2D eigenvalue weighted by atomic mass is 10.3. The number of nitrogen functional groups attached to an aromatic ring is 1. The van der Waals surface area contributed by atoms with Gasteiger partial charge in [0.2, 0.25) is 15.9 Å². The number of aromatic nitrogens is 1. The Labute approximate surface area is 109 Å². The lowest BCUT2D eigenvalue weighted by Crippen LogP contribution is -2.32. The van der Waals surface area contributed by atoms with E-state index in [4.69, 9.17) is 22.5 Å². The molecule has 1 unspecified atom stereocenters. The zero-order valence-corrected chi connectivity index (χ0v) is 10.8. The molecule has 1 aromatic rings. The molecule has 1 aliphatic heterocycles. The Kier molecular flexibility index (Phi) is 3.18. The standard InChI is InChI=1S/C9H11ClN4O3S/c10-5-1-7(11)9(13-3-5)14-4-6(2-8(14)15)18(12,16)17/h1,3,6H,2,4,11H2,(H2,12,16,17). The summed E-state index contributed by atoms with van der Waals surface area (Å²) in [6.07, 6.45) is 1.17. The summed E-state index contributed by atoms with van der Waals surface area (Å²) in [7, 11) is -3.75.